The van der Waals surface area contributed by atoms with Crippen molar-refractivity contribution in [2.24, 2.45) is 4.99 Å². The first-order valence-corrected chi connectivity index (χ1v) is 8.68. The molecule has 0 radical (unpaired) electrons. The quantitative estimate of drug-likeness (QED) is 0.472. The Morgan fingerprint density at radius 3 is 2.50 bits per heavy atom. The molecule has 20 heavy (non-hydrogen) atoms. The fraction of sp³-hybridized carbons (Fsp3) is 0.500. The van der Waals surface area contributed by atoms with E-state index < -0.39 is 9.84 Å². The summed E-state index contributed by atoms with van der Waals surface area (Å²) >= 11 is 0. The van der Waals surface area contributed by atoms with Gasteiger partial charge in [0, 0.05) is 19.8 Å². The number of guanidine groups is 1. The zero-order valence-electron chi connectivity index (χ0n) is 12.3. The van der Waals surface area contributed by atoms with Crippen molar-refractivity contribution in [1.82, 2.24) is 10.6 Å². The molecule has 0 saturated carbocycles. The molecule has 1 aromatic carbocycles. The molecule has 2 N–H and O–H groups in total. The molecule has 5 nitrogen and oxygen atoms in total. The van der Waals surface area contributed by atoms with Crippen molar-refractivity contribution < 1.29 is 8.42 Å². The van der Waals surface area contributed by atoms with Gasteiger partial charge >= 0.3 is 0 Å². The van der Waals surface area contributed by atoms with Crippen molar-refractivity contribution in [3.05, 3.63) is 35.9 Å². The van der Waals surface area contributed by atoms with E-state index in [0.29, 0.717) is 18.9 Å². The molecule has 6 heteroatoms. The van der Waals surface area contributed by atoms with E-state index in [4.69, 9.17) is 0 Å². The van der Waals surface area contributed by atoms with Crippen LogP contribution in [0.25, 0.3) is 0 Å². The first-order valence-electron chi connectivity index (χ1n) is 6.62. The molecular formula is C14H23N3O2S. The molecule has 0 aliphatic rings. The molecule has 0 aliphatic carbocycles. The van der Waals surface area contributed by atoms with Crippen LogP contribution in [-0.2, 0) is 9.84 Å². The third kappa shape index (κ3) is 6.56. The van der Waals surface area contributed by atoms with E-state index in [1.807, 2.05) is 18.2 Å². The Kier molecular flexibility index (Phi) is 6.51. The highest BCUT2D eigenvalue weighted by atomic mass is 32.2. The summed E-state index contributed by atoms with van der Waals surface area (Å²) < 4.78 is 22.1. The maximum atomic E-state index is 11.0. The number of nitrogens with one attached hydrogen (secondary N) is 2. The van der Waals surface area contributed by atoms with Crippen molar-refractivity contribution >= 4 is 15.8 Å². The molecule has 0 heterocycles. The minimum atomic E-state index is -2.90. The highest BCUT2D eigenvalue weighted by Gasteiger charge is 2.07. The number of hydrogen-bond donors (Lipinski definition) is 2. The molecule has 112 valence electrons. The summed E-state index contributed by atoms with van der Waals surface area (Å²) in [6, 6.07) is 10.2. The predicted octanol–water partition coefficient (Wildman–Crippen LogP) is 1.35. The van der Waals surface area contributed by atoms with E-state index in [9.17, 15) is 8.42 Å². The molecule has 0 fully saturated rings. The lowest BCUT2D eigenvalue weighted by Gasteiger charge is -2.18. The van der Waals surface area contributed by atoms with Crippen LogP contribution >= 0.6 is 0 Å². The summed E-state index contributed by atoms with van der Waals surface area (Å²) in [5, 5.41) is 6.39. The second-order valence-corrected chi connectivity index (χ2v) is 7.02. The lowest BCUT2D eigenvalue weighted by atomic mass is 10.1. The van der Waals surface area contributed by atoms with Gasteiger partial charge in [-0.2, -0.15) is 0 Å². The number of rotatable bonds is 6. The Hall–Kier alpha value is -1.56. The van der Waals surface area contributed by atoms with Crippen LogP contribution in [0.1, 0.15) is 24.9 Å². The molecule has 0 spiro atoms. The monoisotopic (exact) mass is 297 g/mol. The molecule has 0 amide bonds. The van der Waals surface area contributed by atoms with Crippen LogP contribution in [-0.4, -0.2) is 40.0 Å². The smallest absolute Gasteiger partial charge is 0.191 e. The second kappa shape index (κ2) is 7.89. The average Bonchev–Trinajstić information content (AvgIpc) is 2.42. The zero-order chi connectivity index (χ0) is 15.0. The Labute approximate surface area is 121 Å². The summed E-state index contributed by atoms with van der Waals surface area (Å²) in [6.45, 7) is 2.63. The van der Waals surface area contributed by atoms with E-state index in [1.165, 1.54) is 11.8 Å². The maximum absolute atomic E-state index is 11.0. The second-order valence-electron chi connectivity index (χ2n) is 4.76. The SMILES string of the molecule is CN=C(NCCCS(C)(=O)=O)NC(C)c1ccccc1. The topological polar surface area (TPSA) is 70.6 Å². The molecule has 1 unspecified atom stereocenters. The van der Waals surface area contributed by atoms with E-state index in [1.54, 1.807) is 7.05 Å². The van der Waals surface area contributed by atoms with Gasteiger partial charge in [0.2, 0.25) is 0 Å². The largest absolute Gasteiger partial charge is 0.356 e. The van der Waals surface area contributed by atoms with E-state index in [-0.39, 0.29) is 11.8 Å². The van der Waals surface area contributed by atoms with E-state index in [2.05, 4.69) is 34.7 Å². The first kappa shape index (κ1) is 16.5. The minimum Gasteiger partial charge on any atom is -0.356 e. The van der Waals surface area contributed by atoms with Crippen LogP contribution in [0.15, 0.2) is 35.3 Å². The van der Waals surface area contributed by atoms with Crippen molar-refractivity contribution in [1.29, 1.82) is 0 Å². The van der Waals surface area contributed by atoms with Gasteiger partial charge in [-0.25, -0.2) is 8.42 Å². The highest BCUT2D eigenvalue weighted by molar-refractivity contribution is 7.90. The summed E-state index contributed by atoms with van der Waals surface area (Å²) in [4.78, 5) is 4.13. The van der Waals surface area contributed by atoms with E-state index >= 15 is 0 Å². The Morgan fingerprint density at radius 1 is 1.30 bits per heavy atom. The summed E-state index contributed by atoms with van der Waals surface area (Å²) in [5.41, 5.74) is 1.17. The first-order chi connectivity index (χ1) is 9.42. The van der Waals surface area contributed by atoms with Gasteiger partial charge in [-0.3, -0.25) is 4.99 Å². The van der Waals surface area contributed by atoms with Crippen LogP contribution in [0, 0.1) is 0 Å². The predicted molar refractivity (Wildman–Crippen MR) is 83.7 cm³/mol. The molecule has 0 aromatic heterocycles. The molecule has 0 bridgehead atoms. The van der Waals surface area contributed by atoms with Crippen molar-refractivity contribution in [3.63, 3.8) is 0 Å². The molecular weight excluding hydrogens is 274 g/mol. The Morgan fingerprint density at radius 2 is 1.95 bits per heavy atom. The summed E-state index contributed by atoms with van der Waals surface area (Å²) in [7, 11) is -1.20. The van der Waals surface area contributed by atoms with Gasteiger partial charge in [-0.05, 0) is 18.9 Å². The molecule has 0 saturated heterocycles. The number of aliphatic imine (C=N–C) groups is 1. The van der Waals surface area contributed by atoms with Gasteiger partial charge in [0.1, 0.15) is 9.84 Å². The van der Waals surface area contributed by atoms with Gasteiger partial charge < -0.3 is 10.6 Å². The Bertz CT molecular complexity index is 527. The maximum Gasteiger partial charge on any atom is 0.191 e. The fourth-order valence-electron chi connectivity index (χ4n) is 1.77. The van der Waals surface area contributed by atoms with Crippen LogP contribution in [0.5, 0.6) is 0 Å². The van der Waals surface area contributed by atoms with Crippen LogP contribution in [0.2, 0.25) is 0 Å². The molecule has 1 aromatic rings. The highest BCUT2D eigenvalue weighted by Crippen LogP contribution is 2.10. The third-order valence-corrected chi connectivity index (χ3v) is 3.89. The van der Waals surface area contributed by atoms with Crippen LogP contribution in [0.4, 0.5) is 0 Å². The number of sulfone groups is 1. The number of benzene rings is 1. The van der Waals surface area contributed by atoms with Gasteiger partial charge in [0.05, 0.1) is 11.8 Å². The number of nitrogens with zero attached hydrogens (tertiary/aromatic N) is 1. The third-order valence-electron chi connectivity index (χ3n) is 2.86. The van der Waals surface area contributed by atoms with Crippen molar-refractivity contribution in [2.45, 2.75) is 19.4 Å². The van der Waals surface area contributed by atoms with Crippen molar-refractivity contribution in [2.75, 3.05) is 25.6 Å². The van der Waals surface area contributed by atoms with Crippen LogP contribution in [0.3, 0.4) is 0 Å². The minimum absolute atomic E-state index is 0.136. The van der Waals surface area contributed by atoms with Crippen LogP contribution < -0.4 is 10.6 Å². The average molecular weight is 297 g/mol. The summed E-state index contributed by atoms with van der Waals surface area (Å²) in [5.74, 6) is 0.862. The normalized spacial score (nSPS) is 13.8. The Balaban J connectivity index is 2.40. The van der Waals surface area contributed by atoms with Gasteiger partial charge in [0.15, 0.2) is 5.96 Å². The zero-order valence-corrected chi connectivity index (χ0v) is 13.1. The lowest BCUT2D eigenvalue weighted by molar-refractivity contribution is 0.598. The summed E-state index contributed by atoms with van der Waals surface area (Å²) in [6.07, 6.45) is 1.82. The molecule has 0 aliphatic heterocycles. The molecule has 1 rings (SSSR count). The molecule has 1 atom stereocenters. The van der Waals surface area contributed by atoms with Gasteiger partial charge in [0.25, 0.3) is 0 Å². The fourth-order valence-corrected chi connectivity index (χ4v) is 2.43. The van der Waals surface area contributed by atoms with E-state index in [0.717, 1.165) is 0 Å². The number of hydrogen-bond acceptors (Lipinski definition) is 3. The lowest BCUT2D eigenvalue weighted by Crippen LogP contribution is -2.39. The van der Waals surface area contributed by atoms with Crippen molar-refractivity contribution in [3.8, 4) is 0 Å². The van der Waals surface area contributed by atoms with Gasteiger partial charge in [-0.1, -0.05) is 30.3 Å². The van der Waals surface area contributed by atoms with Gasteiger partial charge in [-0.15, -0.1) is 0 Å². The standard InChI is InChI=1S/C14H23N3O2S/c1-12(13-8-5-4-6-9-13)17-14(15-2)16-10-7-11-20(3,18)19/h4-6,8-9,12H,7,10-11H2,1-3H3,(H2,15,16,17).